The summed E-state index contributed by atoms with van der Waals surface area (Å²) < 4.78 is 0. The van der Waals surface area contributed by atoms with Gasteiger partial charge in [0.2, 0.25) is 5.91 Å². The Morgan fingerprint density at radius 1 is 1.40 bits per heavy atom. The molecule has 1 unspecified atom stereocenters. The van der Waals surface area contributed by atoms with Crippen LogP contribution in [0.25, 0.3) is 0 Å². The van der Waals surface area contributed by atoms with Crippen molar-refractivity contribution in [2.45, 2.75) is 24.9 Å². The highest BCUT2D eigenvalue weighted by Gasteiger charge is 2.33. The van der Waals surface area contributed by atoms with Crippen LogP contribution in [0.3, 0.4) is 0 Å². The van der Waals surface area contributed by atoms with E-state index in [2.05, 4.69) is 5.32 Å². The van der Waals surface area contributed by atoms with E-state index in [1.165, 1.54) is 0 Å². The number of likely N-dealkylation sites (tertiary alicyclic amines) is 1. The highest BCUT2D eigenvalue weighted by molar-refractivity contribution is 5.88. The van der Waals surface area contributed by atoms with Crippen molar-refractivity contribution in [2.24, 2.45) is 5.73 Å². The van der Waals surface area contributed by atoms with Crippen LogP contribution < -0.4 is 11.1 Å². The van der Waals surface area contributed by atoms with Crippen LogP contribution in [0.5, 0.6) is 0 Å². The molecule has 4 N–H and O–H groups in total. The van der Waals surface area contributed by atoms with Gasteiger partial charge in [0.25, 0.3) is 0 Å². The summed E-state index contributed by atoms with van der Waals surface area (Å²) in [7, 11) is 0. The summed E-state index contributed by atoms with van der Waals surface area (Å²) in [5, 5.41) is 11.8. The van der Waals surface area contributed by atoms with Crippen molar-refractivity contribution in [3.8, 4) is 0 Å². The van der Waals surface area contributed by atoms with Crippen molar-refractivity contribution < 1.29 is 14.7 Å². The van der Waals surface area contributed by atoms with E-state index in [0.29, 0.717) is 12.1 Å². The lowest BCUT2D eigenvalue weighted by Crippen LogP contribution is -2.47. The fourth-order valence-corrected chi connectivity index (χ4v) is 2.56. The molecule has 1 saturated heterocycles. The fourth-order valence-electron chi connectivity index (χ4n) is 2.56. The number of primary amides is 1. The van der Waals surface area contributed by atoms with Crippen LogP contribution in [0.15, 0.2) is 30.3 Å². The molecule has 0 aliphatic carbocycles. The second-order valence-corrected chi connectivity index (χ2v) is 4.86. The number of carbonyl (C=O) groups is 2. The van der Waals surface area contributed by atoms with E-state index in [1.807, 2.05) is 6.07 Å². The molecule has 0 bridgehead atoms. The molecule has 108 valence electrons. The van der Waals surface area contributed by atoms with Gasteiger partial charge in [-0.2, -0.15) is 0 Å². The lowest BCUT2D eigenvalue weighted by molar-refractivity contribution is -0.134. The van der Waals surface area contributed by atoms with Crippen LogP contribution >= 0.6 is 0 Å². The minimum Gasteiger partial charge on any atom is -0.394 e. The zero-order valence-corrected chi connectivity index (χ0v) is 11.2. The number of benzene rings is 1. The molecule has 0 aromatic heterocycles. The average molecular weight is 277 g/mol. The summed E-state index contributed by atoms with van der Waals surface area (Å²) in [4.78, 5) is 25.4. The molecule has 1 aliphatic heterocycles. The number of nitrogens with zero attached hydrogens (tertiary/aromatic N) is 1. The number of rotatable bonds is 4. The van der Waals surface area contributed by atoms with Crippen molar-refractivity contribution in [1.82, 2.24) is 10.2 Å². The van der Waals surface area contributed by atoms with Crippen molar-refractivity contribution >= 4 is 11.9 Å². The Kier molecular flexibility index (Phi) is 4.57. The Morgan fingerprint density at radius 3 is 2.70 bits per heavy atom. The first-order valence-corrected chi connectivity index (χ1v) is 6.65. The number of carbonyl (C=O) groups excluding carboxylic acids is 2. The van der Waals surface area contributed by atoms with Gasteiger partial charge in [0.1, 0.15) is 6.04 Å². The van der Waals surface area contributed by atoms with E-state index in [9.17, 15) is 14.7 Å². The van der Waals surface area contributed by atoms with Crippen LogP contribution in [-0.2, 0) is 4.79 Å². The standard InChI is InChI=1S/C14H19N3O3/c15-14(20)16-12(10-5-2-1-3-6-10)13(19)17-8-4-7-11(17)9-18/h1-3,5-6,11-12,18H,4,7-9H2,(H3,15,16,20)/t11-,12?/m0/s1. The molecule has 0 spiro atoms. The van der Waals surface area contributed by atoms with Gasteiger partial charge in [0.15, 0.2) is 0 Å². The highest BCUT2D eigenvalue weighted by Crippen LogP contribution is 2.23. The first-order valence-electron chi connectivity index (χ1n) is 6.65. The van der Waals surface area contributed by atoms with Gasteiger partial charge in [0, 0.05) is 6.54 Å². The predicted molar refractivity (Wildman–Crippen MR) is 73.7 cm³/mol. The molecule has 2 rings (SSSR count). The Labute approximate surface area is 117 Å². The highest BCUT2D eigenvalue weighted by atomic mass is 16.3. The van der Waals surface area contributed by atoms with E-state index in [0.717, 1.165) is 12.8 Å². The zero-order valence-electron chi connectivity index (χ0n) is 11.2. The summed E-state index contributed by atoms with van der Waals surface area (Å²) in [5.74, 6) is -0.230. The largest absolute Gasteiger partial charge is 0.394 e. The molecule has 1 fully saturated rings. The molecular weight excluding hydrogens is 258 g/mol. The molecule has 2 atom stereocenters. The molecule has 0 saturated carbocycles. The quantitative estimate of drug-likeness (QED) is 0.742. The maximum atomic E-state index is 12.6. The van der Waals surface area contributed by atoms with Crippen molar-refractivity contribution in [3.05, 3.63) is 35.9 Å². The Hall–Kier alpha value is -2.08. The second kappa shape index (κ2) is 6.38. The SMILES string of the molecule is NC(=O)NC(C(=O)N1CCC[C@H]1CO)c1ccccc1. The van der Waals surface area contributed by atoms with Gasteiger partial charge >= 0.3 is 6.03 Å². The lowest BCUT2D eigenvalue weighted by Gasteiger charge is -2.28. The number of hydrogen-bond acceptors (Lipinski definition) is 3. The topological polar surface area (TPSA) is 95.7 Å². The van der Waals surface area contributed by atoms with E-state index in [4.69, 9.17) is 5.73 Å². The van der Waals surface area contributed by atoms with E-state index in [1.54, 1.807) is 29.2 Å². The monoisotopic (exact) mass is 277 g/mol. The minimum absolute atomic E-state index is 0.0657. The second-order valence-electron chi connectivity index (χ2n) is 4.86. The molecule has 6 heteroatoms. The molecule has 3 amide bonds. The van der Waals surface area contributed by atoms with Gasteiger partial charge in [-0.15, -0.1) is 0 Å². The van der Waals surface area contributed by atoms with Crippen LogP contribution in [0, 0.1) is 0 Å². The normalized spacial score (nSPS) is 19.6. The molecule has 1 aliphatic rings. The van der Waals surface area contributed by atoms with Crippen LogP contribution in [-0.4, -0.2) is 41.1 Å². The Morgan fingerprint density at radius 2 is 2.10 bits per heavy atom. The molecule has 1 aromatic carbocycles. The first kappa shape index (κ1) is 14.3. The first-order chi connectivity index (χ1) is 9.63. The zero-order chi connectivity index (χ0) is 14.5. The van der Waals surface area contributed by atoms with Gasteiger partial charge in [-0.3, -0.25) is 4.79 Å². The number of nitrogens with two attached hydrogens (primary N) is 1. The molecule has 1 heterocycles. The number of amides is 3. The number of aliphatic hydroxyl groups is 1. The van der Waals surface area contributed by atoms with Crippen molar-refractivity contribution in [2.75, 3.05) is 13.2 Å². The van der Waals surface area contributed by atoms with Crippen molar-refractivity contribution in [3.63, 3.8) is 0 Å². The smallest absolute Gasteiger partial charge is 0.313 e. The van der Waals surface area contributed by atoms with Crippen LogP contribution in [0.1, 0.15) is 24.4 Å². The van der Waals surface area contributed by atoms with Crippen LogP contribution in [0.4, 0.5) is 4.79 Å². The number of nitrogens with one attached hydrogen (secondary N) is 1. The van der Waals surface area contributed by atoms with E-state index >= 15 is 0 Å². The Balaban J connectivity index is 2.22. The maximum absolute atomic E-state index is 12.6. The van der Waals surface area contributed by atoms with Crippen LogP contribution in [0.2, 0.25) is 0 Å². The third-order valence-electron chi connectivity index (χ3n) is 3.54. The van der Waals surface area contributed by atoms with E-state index in [-0.39, 0.29) is 18.6 Å². The maximum Gasteiger partial charge on any atom is 0.313 e. The van der Waals surface area contributed by atoms with Gasteiger partial charge in [-0.1, -0.05) is 30.3 Å². The third kappa shape index (κ3) is 3.08. The number of hydrogen-bond donors (Lipinski definition) is 3. The van der Waals surface area contributed by atoms with E-state index < -0.39 is 12.1 Å². The van der Waals surface area contributed by atoms with Gasteiger partial charge in [-0.05, 0) is 18.4 Å². The minimum atomic E-state index is -0.805. The molecule has 1 aromatic rings. The third-order valence-corrected chi connectivity index (χ3v) is 3.54. The van der Waals surface area contributed by atoms with Gasteiger partial charge < -0.3 is 21.1 Å². The Bertz CT molecular complexity index is 478. The molecular formula is C14H19N3O3. The summed E-state index contributed by atoms with van der Waals surface area (Å²) >= 11 is 0. The van der Waals surface area contributed by atoms with Gasteiger partial charge in [0.05, 0.1) is 12.6 Å². The number of aliphatic hydroxyl groups excluding tert-OH is 1. The molecule has 20 heavy (non-hydrogen) atoms. The lowest BCUT2D eigenvalue weighted by atomic mass is 10.1. The fraction of sp³-hybridized carbons (Fsp3) is 0.429. The van der Waals surface area contributed by atoms with Crippen molar-refractivity contribution in [1.29, 1.82) is 0 Å². The molecule has 6 nitrogen and oxygen atoms in total. The predicted octanol–water partition coefficient (Wildman–Crippen LogP) is 0.379. The summed E-state index contributed by atoms with van der Waals surface area (Å²) in [6, 6.07) is 7.24. The average Bonchev–Trinajstić information content (AvgIpc) is 2.93. The molecule has 0 radical (unpaired) electrons. The summed E-state index contributed by atoms with van der Waals surface area (Å²) in [6.07, 6.45) is 1.63. The summed E-state index contributed by atoms with van der Waals surface area (Å²) in [6.45, 7) is 0.525. The number of urea groups is 1. The van der Waals surface area contributed by atoms with Gasteiger partial charge in [-0.25, -0.2) is 4.79 Å². The summed E-state index contributed by atoms with van der Waals surface area (Å²) in [5.41, 5.74) is 5.84.